The van der Waals surface area contributed by atoms with Gasteiger partial charge in [-0.05, 0) is 77.9 Å². The molecule has 3 amide bonds. The molecular weight excluding hydrogens is 733 g/mol. The number of carbonyl (C=O) groups excluding carboxylic acids is 3. The van der Waals surface area contributed by atoms with Gasteiger partial charge in [-0.15, -0.1) is 0 Å². The average molecular weight is 769 g/mol. The van der Waals surface area contributed by atoms with Crippen molar-refractivity contribution in [3.05, 3.63) is 94.5 Å². The Morgan fingerprint density at radius 3 is 2.04 bits per heavy atom. The molecule has 5 rings (SSSR count). The second-order valence-corrected chi connectivity index (χ2v) is 13.8. The number of nitrogens with one attached hydrogen (secondary N) is 5. The van der Waals surface area contributed by atoms with Crippen LogP contribution >= 0.6 is 11.6 Å². The first-order valence-electron chi connectivity index (χ1n) is 16.5. The van der Waals surface area contributed by atoms with Gasteiger partial charge in [0, 0.05) is 35.1 Å². The molecule has 0 radical (unpaired) electrons. The fourth-order valence-electron chi connectivity index (χ4n) is 5.06. The third-order valence-corrected chi connectivity index (χ3v) is 8.36. The topological polar surface area (TPSA) is 197 Å². The van der Waals surface area contributed by atoms with E-state index in [9.17, 15) is 32.3 Å². The fourth-order valence-corrected chi connectivity index (χ4v) is 5.19. The van der Waals surface area contributed by atoms with Crippen molar-refractivity contribution in [1.29, 1.82) is 0 Å². The minimum absolute atomic E-state index is 0.00295. The van der Waals surface area contributed by atoms with Crippen LogP contribution < -0.4 is 31.3 Å². The largest absolute Gasteiger partial charge is 0.481 e. The Bertz CT molecular complexity index is 1990. The first-order chi connectivity index (χ1) is 25.5. The van der Waals surface area contributed by atoms with Gasteiger partial charge in [-0.25, -0.2) is 0 Å². The molecule has 1 fully saturated rings. The predicted octanol–water partition coefficient (Wildman–Crippen LogP) is 5.45. The summed E-state index contributed by atoms with van der Waals surface area (Å²) in [4.78, 5) is 60.9. The second-order valence-electron chi connectivity index (χ2n) is 13.3. The Kier molecular flexibility index (Phi) is 11.9. The van der Waals surface area contributed by atoms with Gasteiger partial charge in [-0.1, -0.05) is 49.7 Å². The standard InChI is InChI=1S/C36H36ClF3N8O6/c1-34(2,19-42-29(52)30(53)43-25-11-3-21(4-12-25)17-27(49)50)18-41-28(51)22-5-13-26(14-6-22)44-31-45-32(47-33(46-31)54-20-36(38,39)40)48-35(15-16-35)23-7-9-24(37)10-8-23/h3-14H,15-20H2,1-2H3,(H,41,51)(H,42,52)(H,43,53)(H,49,50)(H2,44,45,46,47,48). The number of anilines is 4. The van der Waals surface area contributed by atoms with Crippen LogP contribution in [0, 0.1) is 5.41 Å². The third-order valence-electron chi connectivity index (χ3n) is 8.11. The molecule has 0 unspecified atom stereocenters. The summed E-state index contributed by atoms with van der Waals surface area (Å²) in [6.45, 7) is 2.15. The van der Waals surface area contributed by atoms with Gasteiger partial charge in [0.1, 0.15) is 0 Å². The van der Waals surface area contributed by atoms with E-state index in [1.54, 1.807) is 38.1 Å². The lowest BCUT2D eigenvalue weighted by molar-refractivity contribution is -0.154. The Morgan fingerprint density at radius 2 is 1.43 bits per heavy atom. The summed E-state index contributed by atoms with van der Waals surface area (Å²) in [7, 11) is 0. The zero-order valence-electron chi connectivity index (χ0n) is 29.0. The maximum atomic E-state index is 12.9. The summed E-state index contributed by atoms with van der Waals surface area (Å²) in [5.41, 5.74) is 1.29. The van der Waals surface area contributed by atoms with E-state index in [-0.39, 0.29) is 31.4 Å². The van der Waals surface area contributed by atoms with Gasteiger partial charge in [-0.3, -0.25) is 19.2 Å². The minimum atomic E-state index is -4.62. The summed E-state index contributed by atoms with van der Waals surface area (Å²) in [5.74, 6) is -3.31. The highest BCUT2D eigenvalue weighted by atomic mass is 35.5. The molecule has 6 N–H and O–H groups in total. The Morgan fingerprint density at radius 1 is 0.815 bits per heavy atom. The molecule has 0 bridgehead atoms. The van der Waals surface area contributed by atoms with Crippen molar-refractivity contribution in [2.45, 2.75) is 44.8 Å². The van der Waals surface area contributed by atoms with E-state index in [1.807, 2.05) is 12.1 Å². The van der Waals surface area contributed by atoms with Gasteiger partial charge in [0.2, 0.25) is 11.9 Å². The first kappa shape index (κ1) is 39.2. The third kappa shape index (κ3) is 11.5. The van der Waals surface area contributed by atoms with Crippen molar-refractivity contribution in [2.24, 2.45) is 5.41 Å². The Labute approximate surface area is 312 Å². The molecule has 0 aliphatic heterocycles. The van der Waals surface area contributed by atoms with Crippen LogP contribution in [0.3, 0.4) is 0 Å². The molecule has 1 aliphatic carbocycles. The lowest BCUT2D eigenvalue weighted by atomic mass is 9.93. The molecular formula is C36H36ClF3N8O6. The monoisotopic (exact) mass is 768 g/mol. The number of amides is 3. The van der Waals surface area contributed by atoms with Gasteiger partial charge in [-0.2, -0.15) is 28.1 Å². The number of hydrogen-bond donors (Lipinski definition) is 6. The van der Waals surface area contributed by atoms with Gasteiger partial charge in [0.15, 0.2) is 6.61 Å². The number of carboxylic acids is 1. The molecule has 1 aliphatic rings. The average Bonchev–Trinajstić information content (AvgIpc) is 3.89. The van der Waals surface area contributed by atoms with Crippen LogP contribution in [0.5, 0.6) is 6.01 Å². The van der Waals surface area contributed by atoms with Gasteiger partial charge >= 0.3 is 30.0 Å². The highest BCUT2D eigenvalue weighted by Gasteiger charge is 2.45. The summed E-state index contributed by atoms with van der Waals surface area (Å²) in [5, 5.41) is 23.3. The van der Waals surface area contributed by atoms with Crippen LogP contribution in [0.25, 0.3) is 0 Å². The number of alkyl halides is 3. The van der Waals surface area contributed by atoms with E-state index < -0.39 is 53.4 Å². The van der Waals surface area contributed by atoms with Crippen molar-refractivity contribution in [3.8, 4) is 6.01 Å². The smallest absolute Gasteiger partial charge is 0.422 e. The fraction of sp³-hybridized carbons (Fsp3) is 0.306. The molecule has 4 aromatic rings. The van der Waals surface area contributed by atoms with E-state index in [0.29, 0.717) is 27.5 Å². The van der Waals surface area contributed by atoms with Crippen LogP contribution in [0.4, 0.5) is 36.4 Å². The molecule has 18 heteroatoms. The zero-order valence-corrected chi connectivity index (χ0v) is 29.8. The van der Waals surface area contributed by atoms with Crippen LogP contribution in [0.15, 0.2) is 72.8 Å². The van der Waals surface area contributed by atoms with Crippen LogP contribution in [0.1, 0.15) is 48.2 Å². The van der Waals surface area contributed by atoms with E-state index in [4.69, 9.17) is 21.4 Å². The molecule has 0 saturated heterocycles. The van der Waals surface area contributed by atoms with Crippen molar-refractivity contribution >= 4 is 58.6 Å². The summed E-state index contributed by atoms with van der Waals surface area (Å²) >= 11 is 6.03. The van der Waals surface area contributed by atoms with Crippen LogP contribution in [-0.4, -0.2) is 69.6 Å². The molecule has 1 aromatic heterocycles. The lowest BCUT2D eigenvalue weighted by Crippen LogP contribution is -2.44. The van der Waals surface area contributed by atoms with Crippen LogP contribution in [-0.2, 0) is 26.3 Å². The number of carbonyl (C=O) groups is 4. The highest BCUT2D eigenvalue weighted by Crippen LogP contribution is 2.48. The van der Waals surface area contributed by atoms with Crippen LogP contribution in [0.2, 0.25) is 5.02 Å². The minimum Gasteiger partial charge on any atom is -0.481 e. The van der Waals surface area contributed by atoms with Gasteiger partial charge in [0.25, 0.3) is 5.91 Å². The SMILES string of the molecule is CC(C)(CNC(=O)C(=O)Nc1ccc(CC(=O)O)cc1)CNC(=O)c1ccc(Nc2nc(NC3(c4ccc(Cl)cc4)CC3)nc(OCC(F)(F)F)n2)cc1. The van der Waals surface area contributed by atoms with E-state index in [0.717, 1.165) is 18.4 Å². The molecule has 1 heterocycles. The number of nitrogens with zero attached hydrogens (tertiary/aromatic N) is 3. The van der Waals surface area contributed by atoms with Crippen molar-refractivity contribution in [3.63, 3.8) is 0 Å². The number of aliphatic carboxylic acids is 1. The number of rotatable bonds is 15. The highest BCUT2D eigenvalue weighted by molar-refractivity contribution is 6.39. The first-order valence-corrected chi connectivity index (χ1v) is 16.9. The zero-order chi connectivity index (χ0) is 39.1. The molecule has 284 valence electrons. The quantitative estimate of drug-likeness (QED) is 0.0842. The number of halogens is 4. The number of aromatic nitrogens is 3. The Balaban J connectivity index is 1.15. The van der Waals surface area contributed by atoms with Crippen molar-refractivity contribution in [2.75, 3.05) is 35.6 Å². The number of hydrogen-bond acceptors (Lipinski definition) is 10. The van der Waals surface area contributed by atoms with Gasteiger partial charge < -0.3 is 36.4 Å². The maximum absolute atomic E-state index is 12.9. The number of benzene rings is 3. The number of carboxylic acid groups (broad SMARTS) is 1. The van der Waals surface area contributed by atoms with Gasteiger partial charge in [0.05, 0.1) is 12.0 Å². The molecule has 0 atom stereocenters. The summed E-state index contributed by atoms with van der Waals surface area (Å²) in [6, 6.07) is 18.8. The van der Waals surface area contributed by atoms with Crippen molar-refractivity contribution in [1.82, 2.24) is 25.6 Å². The molecule has 3 aromatic carbocycles. The molecule has 1 saturated carbocycles. The molecule has 54 heavy (non-hydrogen) atoms. The summed E-state index contributed by atoms with van der Waals surface area (Å²) in [6.07, 6.45) is -3.34. The van der Waals surface area contributed by atoms with E-state index >= 15 is 0 Å². The van der Waals surface area contributed by atoms with Crippen molar-refractivity contribution < 1.29 is 42.2 Å². The number of ether oxygens (including phenoxy) is 1. The van der Waals surface area contributed by atoms with E-state index in [2.05, 4.69) is 41.5 Å². The maximum Gasteiger partial charge on any atom is 0.422 e. The summed E-state index contributed by atoms with van der Waals surface area (Å²) < 4.78 is 43.6. The molecule has 0 spiro atoms. The lowest BCUT2D eigenvalue weighted by Gasteiger charge is -2.25. The van der Waals surface area contributed by atoms with E-state index in [1.165, 1.54) is 36.4 Å². The molecule has 14 nitrogen and oxygen atoms in total. The Hall–Kier alpha value is -5.97. The predicted molar refractivity (Wildman–Crippen MR) is 193 cm³/mol. The second kappa shape index (κ2) is 16.4. The normalized spacial score (nSPS) is 13.3.